The third-order valence-corrected chi connectivity index (χ3v) is 8.36. The predicted octanol–water partition coefficient (Wildman–Crippen LogP) is 5.68. The monoisotopic (exact) mass is 529 g/mol. The van der Waals surface area contributed by atoms with Gasteiger partial charge in [0.25, 0.3) is 0 Å². The number of piperidine rings is 1. The van der Waals surface area contributed by atoms with Crippen LogP contribution in [-0.4, -0.2) is 34.6 Å². The molecule has 2 atom stereocenters. The minimum atomic E-state index is -0.647. The number of rotatable bonds is 5. The van der Waals surface area contributed by atoms with Crippen LogP contribution in [0.1, 0.15) is 48.8 Å². The maximum atomic E-state index is 13.1. The molecule has 0 spiro atoms. The molecular formula is C28H29Cl2NO5. The number of likely N-dealkylation sites (tertiary alicyclic amines) is 1. The number of benzene rings is 2. The molecule has 36 heavy (non-hydrogen) atoms. The Morgan fingerprint density at radius 1 is 1.19 bits per heavy atom. The molecule has 2 heterocycles. The van der Waals surface area contributed by atoms with Crippen LogP contribution in [0.25, 0.3) is 11.0 Å². The van der Waals surface area contributed by atoms with E-state index in [0.29, 0.717) is 46.5 Å². The van der Waals surface area contributed by atoms with E-state index in [1.807, 2.05) is 13.0 Å². The van der Waals surface area contributed by atoms with Crippen molar-refractivity contribution in [3.05, 3.63) is 73.6 Å². The van der Waals surface area contributed by atoms with Gasteiger partial charge in [-0.1, -0.05) is 42.1 Å². The second-order valence-electron chi connectivity index (χ2n) is 9.99. The molecule has 6 nitrogen and oxygen atoms in total. The van der Waals surface area contributed by atoms with Gasteiger partial charge in [-0.25, -0.2) is 4.79 Å². The summed E-state index contributed by atoms with van der Waals surface area (Å²) in [5.41, 5.74) is 1.13. The van der Waals surface area contributed by atoms with Crippen LogP contribution >= 0.6 is 23.2 Å². The van der Waals surface area contributed by atoms with Gasteiger partial charge < -0.3 is 19.2 Å². The van der Waals surface area contributed by atoms with E-state index in [-0.39, 0.29) is 24.9 Å². The van der Waals surface area contributed by atoms with E-state index < -0.39 is 11.2 Å². The lowest BCUT2D eigenvalue weighted by Crippen LogP contribution is -2.55. The molecule has 1 amide bonds. The second kappa shape index (κ2) is 10.1. The van der Waals surface area contributed by atoms with Crippen molar-refractivity contribution in [2.75, 3.05) is 13.1 Å². The van der Waals surface area contributed by atoms with E-state index in [4.69, 9.17) is 32.4 Å². The summed E-state index contributed by atoms with van der Waals surface area (Å²) in [7, 11) is 0. The maximum Gasteiger partial charge on any atom is 0.340 e. The first-order valence-electron chi connectivity index (χ1n) is 12.4. The van der Waals surface area contributed by atoms with Crippen LogP contribution in [0.2, 0.25) is 10.0 Å². The molecule has 2 aliphatic rings. The standard InChI is InChI=1S/C28H29Cl2NO5/c1-17-22-8-7-21(35-16-18-5-6-20(29)12-24(18)30)13-25(22)36-27(33)23(17)14-26(32)31-11-10-28(34)9-3-2-4-19(28)15-31/h5-8,12-13,19,34H,2-4,9-11,14-16H2,1H3. The molecule has 2 fully saturated rings. The molecule has 5 rings (SSSR count). The molecule has 1 aliphatic heterocycles. The zero-order valence-electron chi connectivity index (χ0n) is 20.2. The van der Waals surface area contributed by atoms with Gasteiger partial charge in [0.15, 0.2) is 0 Å². The number of carbonyl (C=O) groups is 1. The lowest BCUT2D eigenvalue weighted by Gasteiger charge is -2.47. The lowest BCUT2D eigenvalue weighted by atomic mass is 9.71. The van der Waals surface area contributed by atoms with Gasteiger partial charge in [0.1, 0.15) is 17.9 Å². The summed E-state index contributed by atoms with van der Waals surface area (Å²) in [5.74, 6) is 0.546. The number of halogens is 2. The minimum absolute atomic E-state index is 0.0113. The third kappa shape index (κ3) is 4.99. The topological polar surface area (TPSA) is 80.0 Å². The van der Waals surface area contributed by atoms with Gasteiger partial charge in [0.2, 0.25) is 5.91 Å². The summed E-state index contributed by atoms with van der Waals surface area (Å²) in [6, 6.07) is 10.5. The van der Waals surface area contributed by atoms with Crippen molar-refractivity contribution in [1.29, 1.82) is 0 Å². The molecule has 1 saturated heterocycles. The van der Waals surface area contributed by atoms with Crippen LogP contribution in [0.3, 0.4) is 0 Å². The summed E-state index contributed by atoms with van der Waals surface area (Å²) in [5, 5.41) is 12.7. The van der Waals surface area contributed by atoms with Crippen LogP contribution in [0, 0.1) is 12.8 Å². The average Bonchev–Trinajstić information content (AvgIpc) is 2.85. The van der Waals surface area contributed by atoms with Crippen LogP contribution in [0.5, 0.6) is 5.75 Å². The van der Waals surface area contributed by atoms with Crippen molar-refractivity contribution in [3.8, 4) is 5.75 Å². The maximum absolute atomic E-state index is 13.1. The molecule has 1 aliphatic carbocycles. The van der Waals surface area contributed by atoms with Gasteiger partial charge in [-0.3, -0.25) is 4.79 Å². The highest BCUT2D eigenvalue weighted by atomic mass is 35.5. The van der Waals surface area contributed by atoms with Gasteiger partial charge in [0.05, 0.1) is 17.6 Å². The van der Waals surface area contributed by atoms with Crippen molar-refractivity contribution in [3.63, 3.8) is 0 Å². The third-order valence-electron chi connectivity index (χ3n) is 7.78. The van der Waals surface area contributed by atoms with Crippen molar-refractivity contribution in [2.45, 2.75) is 57.7 Å². The largest absolute Gasteiger partial charge is 0.489 e. The molecule has 190 valence electrons. The molecule has 2 aromatic carbocycles. The minimum Gasteiger partial charge on any atom is -0.489 e. The Labute approximate surface area is 219 Å². The summed E-state index contributed by atoms with van der Waals surface area (Å²) < 4.78 is 11.5. The average molecular weight is 530 g/mol. The van der Waals surface area contributed by atoms with Gasteiger partial charge in [-0.05, 0) is 56.0 Å². The van der Waals surface area contributed by atoms with Gasteiger partial charge >= 0.3 is 5.63 Å². The Morgan fingerprint density at radius 2 is 2.03 bits per heavy atom. The molecule has 2 unspecified atom stereocenters. The van der Waals surface area contributed by atoms with E-state index in [1.165, 1.54) is 0 Å². The van der Waals surface area contributed by atoms with Crippen molar-refractivity contribution in [2.24, 2.45) is 5.92 Å². The Kier molecular flexibility index (Phi) is 7.03. The SMILES string of the molecule is Cc1c(CC(=O)N2CCC3(O)CCCCC3C2)c(=O)oc2cc(OCc3ccc(Cl)cc3Cl)ccc12. The number of ether oxygens (including phenoxy) is 1. The summed E-state index contributed by atoms with van der Waals surface area (Å²) in [6.45, 7) is 3.14. The van der Waals surface area contributed by atoms with Crippen molar-refractivity contribution < 1.29 is 19.1 Å². The van der Waals surface area contributed by atoms with Crippen LogP contribution < -0.4 is 10.4 Å². The van der Waals surface area contributed by atoms with Crippen LogP contribution in [0.4, 0.5) is 0 Å². The summed E-state index contributed by atoms with van der Waals surface area (Å²) >= 11 is 12.2. The Balaban J connectivity index is 1.31. The van der Waals surface area contributed by atoms with E-state index in [0.717, 1.165) is 42.2 Å². The first-order valence-corrected chi connectivity index (χ1v) is 13.1. The molecule has 1 N–H and O–H groups in total. The molecule has 0 bridgehead atoms. The summed E-state index contributed by atoms with van der Waals surface area (Å²) in [4.78, 5) is 27.8. The van der Waals surface area contributed by atoms with E-state index >= 15 is 0 Å². The first kappa shape index (κ1) is 25.1. The number of aryl methyl sites for hydroxylation is 1. The fraction of sp³-hybridized carbons (Fsp3) is 0.429. The Hall–Kier alpha value is -2.54. The normalized spacial score (nSPS) is 21.9. The number of aliphatic hydroxyl groups is 1. The lowest BCUT2D eigenvalue weighted by molar-refractivity contribution is -0.142. The fourth-order valence-electron chi connectivity index (χ4n) is 5.53. The molecule has 3 aromatic rings. The predicted molar refractivity (Wildman–Crippen MR) is 140 cm³/mol. The Morgan fingerprint density at radius 3 is 2.83 bits per heavy atom. The molecule has 1 aromatic heterocycles. The molecule has 8 heteroatoms. The highest BCUT2D eigenvalue weighted by molar-refractivity contribution is 6.35. The van der Waals surface area contributed by atoms with Crippen LogP contribution in [-0.2, 0) is 17.8 Å². The fourth-order valence-corrected chi connectivity index (χ4v) is 5.99. The smallest absolute Gasteiger partial charge is 0.340 e. The molecular weight excluding hydrogens is 501 g/mol. The summed E-state index contributed by atoms with van der Waals surface area (Å²) in [6.07, 6.45) is 4.46. The van der Waals surface area contributed by atoms with Gasteiger partial charge in [0, 0.05) is 46.1 Å². The molecule has 0 radical (unpaired) electrons. The number of hydrogen-bond donors (Lipinski definition) is 1. The quantitative estimate of drug-likeness (QED) is 0.430. The number of carbonyl (C=O) groups excluding carboxylic acids is 1. The van der Waals surface area contributed by atoms with E-state index in [1.54, 1.807) is 35.2 Å². The zero-order valence-corrected chi connectivity index (χ0v) is 21.7. The molecule has 1 saturated carbocycles. The Bertz CT molecular complexity index is 1370. The first-order chi connectivity index (χ1) is 17.2. The number of amides is 1. The highest BCUT2D eigenvalue weighted by Gasteiger charge is 2.43. The van der Waals surface area contributed by atoms with Gasteiger partial charge in [-0.15, -0.1) is 0 Å². The zero-order chi connectivity index (χ0) is 25.4. The second-order valence-corrected chi connectivity index (χ2v) is 10.8. The van der Waals surface area contributed by atoms with Crippen molar-refractivity contribution in [1.82, 2.24) is 4.90 Å². The van der Waals surface area contributed by atoms with Gasteiger partial charge in [-0.2, -0.15) is 0 Å². The number of nitrogens with zero attached hydrogens (tertiary/aromatic N) is 1. The number of fused-ring (bicyclic) bond motifs is 2. The van der Waals surface area contributed by atoms with E-state index in [9.17, 15) is 14.7 Å². The van der Waals surface area contributed by atoms with E-state index in [2.05, 4.69) is 0 Å². The highest BCUT2D eigenvalue weighted by Crippen LogP contribution is 2.40. The number of hydrogen-bond acceptors (Lipinski definition) is 5. The van der Waals surface area contributed by atoms with Crippen molar-refractivity contribution >= 4 is 40.1 Å². The van der Waals surface area contributed by atoms with Crippen LogP contribution in [0.15, 0.2) is 45.6 Å².